The van der Waals surface area contributed by atoms with E-state index in [4.69, 9.17) is 19.9 Å². The van der Waals surface area contributed by atoms with Gasteiger partial charge in [-0.2, -0.15) is 0 Å². The summed E-state index contributed by atoms with van der Waals surface area (Å²) >= 11 is 0. The summed E-state index contributed by atoms with van der Waals surface area (Å²) in [7, 11) is 1.65. The summed E-state index contributed by atoms with van der Waals surface area (Å²) in [6.45, 7) is 3.70. The number of methoxy groups -OCH3 is 1. The molecule has 1 aromatic heterocycles. The molecule has 0 radical (unpaired) electrons. The number of imidazole rings is 1. The molecule has 1 aromatic rings. The maximum Gasteiger partial charge on any atom is 0.360 e. The number of nitrogens with zero attached hydrogens (tertiary/aromatic N) is 2. The van der Waals surface area contributed by atoms with Gasteiger partial charge in [-0.25, -0.2) is 9.78 Å². The number of carbonyl (C=O) groups is 1. The molecule has 0 spiro atoms. The second-order valence-corrected chi connectivity index (χ2v) is 4.52. The molecule has 1 saturated heterocycles. The van der Waals surface area contributed by atoms with Crippen LogP contribution in [0.2, 0.25) is 0 Å². The first-order chi connectivity index (χ1) is 9.12. The zero-order valence-electron chi connectivity index (χ0n) is 11.2. The Morgan fingerprint density at radius 1 is 1.68 bits per heavy atom. The Balaban J connectivity index is 2.15. The lowest BCUT2D eigenvalue weighted by Crippen LogP contribution is -2.37. The van der Waals surface area contributed by atoms with Crippen molar-refractivity contribution in [2.24, 2.45) is 0 Å². The fraction of sp³-hybridized carbons (Fsp3) is 0.667. The Morgan fingerprint density at radius 3 is 3.05 bits per heavy atom. The van der Waals surface area contributed by atoms with Crippen molar-refractivity contribution in [3.8, 4) is 0 Å². The Kier molecular flexibility index (Phi) is 4.06. The van der Waals surface area contributed by atoms with Crippen LogP contribution in [0.4, 0.5) is 5.82 Å². The van der Waals surface area contributed by atoms with Gasteiger partial charge in [-0.15, -0.1) is 0 Å². The van der Waals surface area contributed by atoms with E-state index >= 15 is 0 Å². The molecule has 2 N–H and O–H groups in total. The van der Waals surface area contributed by atoms with Crippen LogP contribution in [0, 0.1) is 0 Å². The summed E-state index contributed by atoms with van der Waals surface area (Å²) in [4.78, 5) is 15.6. The van der Waals surface area contributed by atoms with Crippen molar-refractivity contribution in [3.63, 3.8) is 0 Å². The van der Waals surface area contributed by atoms with Crippen molar-refractivity contribution in [2.45, 2.75) is 25.5 Å². The first kappa shape index (κ1) is 13.8. The maximum atomic E-state index is 11.6. The Hall–Kier alpha value is -1.60. The molecule has 1 aliphatic rings. The average molecular weight is 269 g/mol. The molecular formula is C12H19N3O4. The van der Waals surface area contributed by atoms with Crippen molar-refractivity contribution in [1.82, 2.24) is 9.55 Å². The molecule has 1 atom stereocenters. The van der Waals surface area contributed by atoms with Crippen LogP contribution in [-0.2, 0) is 20.8 Å². The van der Waals surface area contributed by atoms with Gasteiger partial charge in [0, 0.05) is 20.1 Å². The molecule has 2 rings (SSSR count). The maximum absolute atomic E-state index is 11.6. The van der Waals surface area contributed by atoms with Crippen LogP contribution in [0.1, 0.15) is 23.8 Å². The molecule has 1 aliphatic heterocycles. The molecule has 19 heavy (non-hydrogen) atoms. The zero-order chi connectivity index (χ0) is 13.9. The van der Waals surface area contributed by atoms with Gasteiger partial charge in [0.2, 0.25) is 0 Å². The molecule has 7 heteroatoms. The minimum Gasteiger partial charge on any atom is -0.461 e. The van der Waals surface area contributed by atoms with Crippen LogP contribution in [0.25, 0.3) is 0 Å². The fourth-order valence-electron chi connectivity index (χ4n) is 2.12. The topological polar surface area (TPSA) is 88.6 Å². The minimum absolute atomic E-state index is 0.145. The average Bonchev–Trinajstić information content (AvgIpc) is 2.99. The first-order valence-electron chi connectivity index (χ1n) is 6.22. The standard InChI is InChI=1S/C12H19N3O4/c1-3-19-11(16)9-10(13)15(8-14-9)6-12(17-2)4-5-18-7-12/h8H,3-7,13H2,1-2H3. The van der Waals surface area contributed by atoms with Gasteiger partial charge in [-0.05, 0) is 6.92 Å². The summed E-state index contributed by atoms with van der Waals surface area (Å²) in [5, 5.41) is 0. The van der Waals surface area contributed by atoms with E-state index < -0.39 is 11.6 Å². The smallest absolute Gasteiger partial charge is 0.360 e. The second kappa shape index (κ2) is 5.58. The number of hydrogen-bond donors (Lipinski definition) is 1. The monoisotopic (exact) mass is 269 g/mol. The number of nitrogen functional groups attached to an aromatic ring is 1. The van der Waals surface area contributed by atoms with Crippen LogP contribution in [0.3, 0.4) is 0 Å². The molecule has 0 amide bonds. The Bertz CT molecular complexity index is 452. The number of carbonyl (C=O) groups excluding carboxylic acids is 1. The molecule has 1 fully saturated rings. The second-order valence-electron chi connectivity index (χ2n) is 4.52. The summed E-state index contributed by atoms with van der Waals surface area (Å²) in [5.41, 5.74) is 5.67. The van der Waals surface area contributed by atoms with Gasteiger partial charge in [0.05, 0.1) is 26.1 Å². The van der Waals surface area contributed by atoms with Gasteiger partial charge in [0.1, 0.15) is 11.4 Å². The van der Waals surface area contributed by atoms with Crippen molar-refractivity contribution in [3.05, 3.63) is 12.0 Å². The van der Waals surface area contributed by atoms with Gasteiger partial charge in [0.25, 0.3) is 0 Å². The highest BCUT2D eigenvalue weighted by atomic mass is 16.6. The number of aromatic nitrogens is 2. The number of esters is 1. The summed E-state index contributed by atoms with van der Waals surface area (Å²) in [5.74, 6) is -0.213. The van der Waals surface area contributed by atoms with E-state index in [1.807, 2.05) is 0 Å². The van der Waals surface area contributed by atoms with E-state index in [9.17, 15) is 4.79 Å². The van der Waals surface area contributed by atoms with E-state index in [2.05, 4.69) is 4.98 Å². The zero-order valence-corrected chi connectivity index (χ0v) is 11.2. The van der Waals surface area contributed by atoms with Gasteiger partial charge >= 0.3 is 5.97 Å². The molecule has 0 aromatic carbocycles. The van der Waals surface area contributed by atoms with Crippen molar-refractivity contribution < 1.29 is 19.0 Å². The summed E-state index contributed by atoms with van der Waals surface area (Å²) < 4.78 is 17.5. The number of ether oxygens (including phenoxy) is 3. The van der Waals surface area contributed by atoms with E-state index in [1.165, 1.54) is 6.33 Å². The molecule has 0 bridgehead atoms. The van der Waals surface area contributed by atoms with Gasteiger partial charge < -0.3 is 24.5 Å². The van der Waals surface area contributed by atoms with Gasteiger partial charge in [0.15, 0.2) is 5.69 Å². The van der Waals surface area contributed by atoms with Crippen LogP contribution in [0.5, 0.6) is 0 Å². The van der Waals surface area contributed by atoms with Crippen LogP contribution in [0.15, 0.2) is 6.33 Å². The Morgan fingerprint density at radius 2 is 2.47 bits per heavy atom. The van der Waals surface area contributed by atoms with Crippen LogP contribution in [-0.4, -0.2) is 48.1 Å². The van der Waals surface area contributed by atoms with Crippen LogP contribution < -0.4 is 5.73 Å². The van der Waals surface area contributed by atoms with Crippen molar-refractivity contribution in [1.29, 1.82) is 0 Å². The lowest BCUT2D eigenvalue weighted by atomic mass is 10.0. The number of rotatable bonds is 5. The third kappa shape index (κ3) is 2.71. The largest absolute Gasteiger partial charge is 0.461 e. The van der Waals surface area contributed by atoms with Crippen LogP contribution >= 0.6 is 0 Å². The normalized spacial score (nSPS) is 22.6. The molecule has 2 heterocycles. The molecule has 106 valence electrons. The lowest BCUT2D eigenvalue weighted by Gasteiger charge is -2.26. The highest BCUT2D eigenvalue weighted by molar-refractivity contribution is 5.92. The lowest BCUT2D eigenvalue weighted by molar-refractivity contribution is -0.0291. The molecule has 0 aliphatic carbocycles. The molecule has 0 saturated carbocycles. The number of nitrogens with two attached hydrogens (primary N) is 1. The predicted molar refractivity (Wildman–Crippen MR) is 67.8 cm³/mol. The van der Waals surface area contributed by atoms with E-state index in [1.54, 1.807) is 18.6 Å². The third-order valence-electron chi connectivity index (χ3n) is 3.31. The molecule has 7 nitrogen and oxygen atoms in total. The quantitative estimate of drug-likeness (QED) is 0.781. The van der Waals surface area contributed by atoms with Gasteiger partial charge in [-0.3, -0.25) is 0 Å². The van der Waals surface area contributed by atoms with Crippen molar-refractivity contribution in [2.75, 3.05) is 32.7 Å². The van der Waals surface area contributed by atoms with E-state index in [0.717, 1.165) is 6.42 Å². The van der Waals surface area contributed by atoms with Gasteiger partial charge in [-0.1, -0.05) is 0 Å². The minimum atomic E-state index is -0.507. The Labute approximate surface area is 111 Å². The molecular weight excluding hydrogens is 250 g/mol. The SMILES string of the molecule is CCOC(=O)c1ncn(CC2(OC)CCOC2)c1N. The summed E-state index contributed by atoms with van der Waals surface area (Å²) in [6.07, 6.45) is 2.32. The third-order valence-corrected chi connectivity index (χ3v) is 3.31. The predicted octanol–water partition coefficient (Wildman–Crippen LogP) is 0.447. The molecule has 1 unspecified atom stereocenters. The van der Waals surface area contributed by atoms with Crippen molar-refractivity contribution >= 4 is 11.8 Å². The fourth-order valence-corrected chi connectivity index (χ4v) is 2.12. The number of anilines is 1. The van der Waals surface area contributed by atoms with E-state index in [0.29, 0.717) is 32.2 Å². The summed E-state index contributed by atoms with van der Waals surface area (Å²) in [6, 6.07) is 0. The number of hydrogen-bond acceptors (Lipinski definition) is 6. The highest BCUT2D eigenvalue weighted by Crippen LogP contribution is 2.26. The highest BCUT2D eigenvalue weighted by Gasteiger charge is 2.36. The first-order valence-corrected chi connectivity index (χ1v) is 6.22. The van der Waals surface area contributed by atoms with E-state index in [-0.39, 0.29) is 5.69 Å².